The predicted molar refractivity (Wildman–Crippen MR) is 70.6 cm³/mol. The molecule has 1 aromatic carbocycles. The van der Waals surface area contributed by atoms with E-state index in [4.69, 9.17) is 5.73 Å². The van der Waals surface area contributed by atoms with E-state index < -0.39 is 6.36 Å². The van der Waals surface area contributed by atoms with Crippen molar-refractivity contribution < 1.29 is 22.7 Å². The minimum Gasteiger partial charge on any atom is -0.406 e. The maximum Gasteiger partial charge on any atom is 0.573 e. The molecule has 2 rings (SSSR count). The van der Waals surface area contributed by atoms with E-state index >= 15 is 0 Å². The third-order valence-electron chi connectivity index (χ3n) is 3.32. The predicted octanol–water partition coefficient (Wildman–Crippen LogP) is 2.08. The number of hydrogen-bond donors (Lipinski definition) is 1. The van der Waals surface area contributed by atoms with Crippen LogP contribution in [0.4, 0.5) is 13.2 Å². The number of benzene rings is 1. The molecule has 0 aromatic heterocycles. The van der Waals surface area contributed by atoms with Crippen LogP contribution in [0.15, 0.2) is 24.3 Å². The summed E-state index contributed by atoms with van der Waals surface area (Å²) < 4.78 is 39.9. The Balaban J connectivity index is 1.92. The highest BCUT2D eigenvalue weighted by Gasteiger charge is 2.31. The van der Waals surface area contributed by atoms with Gasteiger partial charge in [0, 0.05) is 19.1 Å². The quantitative estimate of drug-likeness (QED) is 0.930. The van der Waals surface area contributed by atoms with Gasteiger partial charge < -0.3 is 15.4 Å². The molecule has 2 N–H and O–H groups in total. The third kappa shape index (κ3) is 4.93. The van der Waals surface area contributed by atoms with Crippen molar-refractivity contribution in [3.8, 4) is 5.75 Å². The molecular formula is C14H17F3N2O2. The second-order valence-electron chi connectivity index (χ2n) is 5.11. The van der Waals surface area contributed by atoms with Gasteiger partial charge >= 0.3 is 6.36 Å². The minimum absolute atomic E-state index is 0.00487. The van der Waals surface area contributed by atoms with Gasteiger partial charge in [-0.15, -0.1) is 13.2 Å². The van der Waals surface area contributed by atoms with Gasteiger partial charge in [0.25, 0.3) is 0 Å². The Morgan fingerprint density at radius 1 is 1.33 bits per heavy atom. The molecule has 1 heterocycles. The van der Waals surface area contributed by atoms with E-state index in [1.807, 2.05) is 0 Å². The van der Waals surface area contributed by atoms with Crippen LogP contribution in [0, 0.1) is 0 Å². The van der Waals surface area contributed by atoms with Crippen LogP contribution >= 0.6 is 0 Å². The molecule has 0 aliphatic carbocycles. The van der Waals surface area contributed by atoms with Crippen molar-refractivity contribution in [1.82, 2.24) is 4.90 Å². The zero-order chi connectivity index (χ0) is 15.5. The topological polar surface area (TPSA) is 55.6 Å². The number of halogens is 3. The molecule has 7 heteroatoms. The number of ether oxygens (including phenoxy) is 1. The number of hydrogen-bond acceptors (Lipinski definition) is 3. The first-order chi connectivity index (χ1) is 9.83. The highest BCUT2D eigenvalue weighted by Crippen LogP contribution is 2.23. The summed E-state index contributed by atoms with van der Waals surface area (Å²) in [5.74, 6) is -0.353. The average molecular weight is 302 g/mol. The molecule has 1 saturated heterocycles. The molecule has 1 aromatic rings. The van der Waals surface area contributed by atoms with E-state index in [0.29, 0.717) is 18.7 Å². The number of likely N-dealkylation sites (tertiary alicyclic amines) is 1. The second kappa shape index (κ2) is 6.34. The fraction of sp³-hybridized carbons (Fsp3) is 0.500. The van der Waals surface area contributed by atoms with Crippen molar-refractivity contribution in [3.05, 3.63) is 29.8 Å². The van der Waals surface area contributed by atoms with Gasteiger partial charge in [0.15, 0.2) is 0 Å². The van der Waals surface area contributed by atoms with Crippen LogP contribution in [0.1, 0.15) is 18.4 Å². The molecule has 0 radical (unpaired) electrons. The number of piperidine rings is 1. The van der Waals surface area contributed by atoms with Gasteiger partial charge in [-0.05, 0) is 30.5 Å². The molecule has 116 valence electrons. The number of carbonyl (C=O) groups is 1. The number of rotatable bonds is 3. The molecule has 1 amide bonds. The maximum absolute atomic E-state index is 12.1. The smallest absolute Gasteiger partial charge is 0.406 e. The molecule has 0 saturated carbocycles. The van der Waals surface area contributed by atoms with Crippen molar-refractivity contribution in [1.29, 1.82) is 0 Å². The second-order valence-corrected chi connectivity index (χ2v) is 5.11. The van der Waals surface area contributed by atoms with Crippen molar-refractivity contribution in [2.24, 2.45) is 5.73 Å². The van der Waals surface area contributed by atoms with Crippen LogP contribution < -0.4 is 10.5 Å². The normalized spacial score (nSPS) is 19.4. The molecule has 0 bridgehead atoms. The van der Waals surface area contributed by atoms with E-state index in [-0.39, 0.29) is 24.1 Å². The molecule has 4 nitrogen and oxygen atoms in total. The lowest BCUT2D eigenvalue weighted by Crippen LogP contribution is -2.46. The van der Waals surface area contributed by atoms with Crippen molar-refractivity contribution >= 4 is 5.91 Å². The standard InChI is InChI=1S/C14H17F3N2O2/c15-14(16,17)21-12-5-3-10(4-6-12)8-13(20)19-7-1-2-11(18)9-19/h3-6,11H,1-2,7-9,18H2/t11-/m1/s1. The van der Waals surface area contributed by atoms with Crippen LogP contribution in [0.25, 0.3) is 0 Å². The first-order valence-electron chi connectivity index (χ1n) is 6.71. The highest BCUT2D eigenvalue weighted by molar-refractivity contribution is 5.79. The summed E-state index contributed by atoms with van der Waals surface area (Å²) in [6, 6.07) is 5.34. The van der Waals surface area contributed by atoms with E-state index in [0.717, 1.165) is 12.8 Å². The minimum atomic E-state index is -4.71. The Morgan fingerprint density at radius 3 is 2.57 bits per heavy atom. The lowest BCUT2D eigenvalue weighted by Gasteiger charge is -2.30. The zero-order valence-electron chi connectivity index (χ0n) is 11.4. The number of amides is 1. The first-order valence-corrected chi connectivity index (χ1v) is 6.71. The molecule has 0 unspecified atom stereocenters. The van der Waals surface area contributed by atoms with Crippen LogP contribution in [-0.2, 0) is 11.2 Å². The van der Waals surface area contributed by atoms with Gasteiger partial charge in [-0.1, -0.05) is 12.1 Å². The highest BCUT2D eigenvalue weighted by atomic mass is 19.4. The molecule has 1 aliphatic heterocycles. The van der Waals surface area contributed by atoms with Gasteiger partial charge in [-0.25, -0.2) is 0 Å². The fourth-order valence-corrected chi connectivity index (χ4v) is 2.33. The van der Waals surface area contributed by atoms with E-state index in [1.165, 1.54) is 24.3 Å². The van der Waals surface area contributed by atoms with Crippen LogP contribution in [-0.4, -0.2) is 36.3 Å². The molecule has 1 aliphatic rings. The van der Waals surface area contributed by atoms with E-state index in [9.17, 15) is 18.0 Å². The Morgan fingerprint density at radius 2 is 2.00 bits per heavy atom. The lowest BCUT2D eigenvalue weighted by molar-refractivity contribution is -0.274. The van der Waals surface area contributed by atoms with Gasteiger partial charge in [0.05, 0.1) is 6.42 Å². The number of alkyl halides is 3. The molecule has 21 heavy (non-hydrogen) atoms. The van der Waals surface area contributed by atoms with Gasteiger partial charge in [0.2, 0.25) is 5.91 Å². The summed E-state index contributed by atoms with van der Waals surface area (Å²) in [7, 11) is 0. The first kappa shape index (κ1) is 15.6. The third-order valence-corrected chi connectivity index (χ3v) is 3.32. The number of nitrogens with zero attached hydrogens (tertiary/aromatic N) is 1. The SMILES string of the molecule is N[C@@H]1CCCN(C(=O)Cc2ccc(OC(F)(F)F)cc2)C1. The molecule has 0 spiro atoms. The molecular weight excluding hydrogens is 285 g/mol. The Labute approximate surface area is 120 Å². The summed E-state index contributed by atoms with van der Waals surface area (Å²) in [6.45, 7) is 1.22. The maximum atomic E-state index is 12.1. The van der Waals surface area contributed by atoms with Gasteiger partial charge in [0.1, 0.15) is 5.75 Å². The molecule has 1 atom stereocenters. The Bertz CT molecular complexity index is 488. The zero-order valence-corrected chi connectivity index (χ0v) is 11.4. The van der Waals surface area contributed by atoms with Crippen LogP contribution in [0.2, 0.25) is 0 Å². The van der Waals surface area contributed by atoms with Crippen molar-refractivity contribution in [2.75, 3.05) is 13.1 Å². The number of nitrogens with two attached hydrogens (primary N) is 1. The van der Waals surface area contributed by atoms with Crippen molar-refractivity contribution in [2.45, 2.75) is 31.7 Å². The average Bonchev–Trinajstić information content (AvgIpc) is 2.39. The largest absolute Gasteiger partial charge is 0.573 e. The summed E-state index contributed by atoms with van der Waals surface area (Å²) in [5, 5.41) is 0. The summed E-state index contributed by atoms with van der Waals surface area (Å²) in [6.07, 6.45) is -2.77. The Hall–Kier alpha value is -1.76. The molecule has 1 fully saturated rings. The van der Waals surface area contributed by atoms with Crippen molar-refractivity contribution in [3.63, 3.8) is 0 Å². The van der Waals surface area contributed by atoms with E-state index in [2.05, 4.69) is 4.74 Å². The lowest BCUT2D eigenvalue weighted by atomic mass is 10.1. The van der Waals surface area contributed by atoms with Gasteiger partial charge in [-0.2, -0.15) is 0 Å². The fourth-order valence-electron chi connectivity index (χ4n) is 2.33. The monoisotopic (exact) mass is 302 g/mol. The van der Waals surface area contributed by atoms with Crippen LogP contribution in [0.3, 0.4) is 0 Å². The summed E-state index contributed by atoms with van der Waals surface area (Å²) >= 11 is 0. The Kier molecular flexibility index (Phi) is 4.72. The van der Waals surface area contributed by atoms with Gasteiger partial charge in [-0.3, -0.25) is 4.79 Å². The van der Waals surface area contributed by atoms with Crippen LogP contribution in [0.5, 0.6) is 5.75 Å². The summed E-state index contributed by atoms with van der Waals surface area (Å²) in [5.41, 5.74) is 6.46. The van der Waals surface area contributed by atoms with E-state index in [1.54, 1.807) is 4.90 Å². The number of carbonyl (C=O) groups excluding carboxylic acids is 1. The summed E-state index contributed by atoms with van der Waals surface area (Å²) in [4.78, 5) is 13.8.